The van der Waals surface area contributed by atoms with Crippen LogP contribution in [0.25, 0.3) is 0 Å². The molecule has 3 nitrogen and oxygen atoms in total. The van der Waals surface area contributed by atoms with E-state index in [1.807, 2.05) is 12.5 Å². The number of nitrogens with zero attached hydrogens (tertiary/aromatic N) is 2. The molecule has 1 saturated carbocycles. The average Bonchev–Trinajstić information content (AvgIpc) is 2.90. The highest BCUT2D eigenvalue weighted by molar-refractivity contribution is 4.98. The van der Waals surface area contributed by atoms with Crippen molar-refractivity contribution in [1.29, 1.82) is 0 Å². The van der Waals surface area contributed by atoms with Crippen LogP contribution in [0.4, 0.5) is 0 Å². The Morgan fingerprint density at radius 1 is 1.41 bits per heavy atom. The van der Waals surface area contributed by atoms with Crippen molar-refractivity contribution < 1.29 is 0 Å². The fourth-order valence-electron chi connectivity index (χ4n) is 2.84. The van der Waals surface area contributed by atoms with Gasteiger partial charge in [-0.05, 0) is 24.7 Å². The first-order valence-electron chi connectivity index (χ1n) is 6.93. The summed E-state index contributed by atoms with van der Waals surface area (Å²) in [5.41, 5.74) is 1.85. The van der Waals surface area contributed by atoms with Crippen molar-refractivity contribution in [2.75, 3.05) is 6.54 Å². The first-order valence-corrected chi connectivity index (χ1v) is 6.93. The largest absolute Gasteiger partial charge is 0.333 e. The Morgan fingerprint density at radius 2 is 2.18 bits per heavy atom. The van der Waals surface area contributed by atoms with Crippen molar-refractivity contribution in [3.8, 4) is 0 Å². The summed E-state index contributed by atoms with van der Waals surface area (Å²) in [4.78, 5) is 4.23. The Morgan fingerprint density at radius 3 is 2.88 bits per heavy atom. The molecule has 1 aromatic rings. The summed E-state index contributed by atoms with van der Waals surface area (Å²) in [6.45, 7) is 7.79. The van der Waals surface area contributed by atoms with Gasteiger partial charge in [0.05, 0.1) is 12.0 Å². The van der Waals surface area contributed by atoms with Gasteiger partial charge in [-0.1, -0.05) is 26.7 Å². The van der Waals surface area contributed by atoms with E-state index < -0.39 is 0 Å². The average molecular weight is 235 g/mol. The maximum atomic E-state index is 4.23. The maximum Gasteiger partial charge on any atom is 0.0948 e. The Labute approximate surface area is 105 Å². The van der Waals surface area contributed by atoms with E-state index in [4.69, 9.17) is 0 Å². The summed E-state index contributed by atoms with van der Waals surface area (Å²) in [5, 5.41) is 3.61. The van der Waals surface area contributed by atoms with E-state index >= 15 is 0 Å². The molecule has 0 saturated heterocycles. The quantitative estimate of drug-likeness (QED) is 0.821. The first kappa shape index (κ1) is 12.6. The lowest BCUT2D eigenvalue weighted by Crippen LogP contribution is -2.29. The van der Waals surface area contributed by atoms with Gasteiger partial charge in [0, 0.05) is 25.8 Å². The third-order valence-corrected chi connectivity index (χ3v) is 3.93. The number of imidazole rings is 1. The van der Waals surface area contributed by atoms with Gasteiger partial charge in [-0.15, -0.1) is 0 Å². The van der Waals surface area contributed by atoms with Gasteiger partial charge >= 0.3 is 0 Å². The van der Waals surface area contributed by atoms with Gasteiger partial charge < -0.3 is 9.88 Å². The van der Waals surface area contributed by atoms with Crippen molar-refractivity contribution in [2.45, 2.75) is 59.0 Å². The van der Waals surface area contributed by atoms with Crippen molar-refractivity contribution in [1.82, 2.24) is 14.9 Å². The summed E-state index contributed by atoms with van der Waals surface area (Å²) in [7, 11) is 0. The Hall–Kier alpha value is -0.830. The van der Waals surface area contributed by atoms with Crippen LogP contribution in [0.15, 0.2) is 12.5 Å². The van der Waals surface area contributed by atoms with Crippen LogP contribution in [-0.2, 0) is 13.1 Å². The molecule has 1 aliphatic rings. The summed E-state index contributed by atoms with van der Waals surface area (Å²) >= 11 is 0. The third-order valence-electron chi connectivity index (χ3n) is 3.93. The van der Waals surface area contributed by atoms with Crippen molar-refractivity contribution in [3.05, 3.63) is 18.2 Å². The topological polar surface area (TPSA) is 29.9 Å². The number of hydrogen-bond donors (Lipinski definition) is 1. The number of rotatable bonds is 6. The number of nitrogens with one attached hydrogen (secondary N) is 1. The van der Waals surface area contributed by atoms with E-state index in [1.165, 1.54) is 37.8 Å². The maximum absolute atomic E-state index is 4.23. The molecule has 1 aromatic heterocycles. The van der Waals surface area contributed by atoms with E-state index in [1.54, 1.807) is 0 Å². The molecule has 17 heavy (non-hydrogen) atoms. The zero-order chi connectivity index (χ0) is 12.1. The zero-order valence-electron chi connectivity index (χ0n) is 11.2. The van der Waals surface area contributed by atoms with Crippen LogP contribution in [0, 0.1) is 5.41 Å². The van der Waals surface area contributed by atoms with Gasteiger partial charge in [0.1, 0.15) is 0 Å². The van der Waals surface area contributed by atoms with Crippen LogP contribution in [0.5, 0.6) is 0 Å². The molecular formula is C14H25N3. The molecule has 0 spiro atoms. The lowest BCUT2D eigenvalue weighted by molar-refractivity contribution is 0.313. The summed E-state index contributed by atoms with van der Waals surface area (Å²) < 4.78 is 2.25. The molecule has 96 valence electrons. The SMILES string of the molecule is CCCn1cncc1CNCC1(C)CCCC1. The predicted octanol–water partition coefficient (Wildman–Crippen LogP) is 2.96. The smallest absolute Gasteiger partial charge is 0.0948 e. The fourth-order valence-corrected chi connectivity index (χ4v) is 2.84. The van der Waals surface area contributed by atoms with E-state index in [0.29, 0.717) is 5.41 Å². The molecule has 0 amide bonds. The lowest BCUT2D eigenvalue weighted by atomic mass is 9.89. The minimum absolute atomic E-state index is 0.537. The number of aromatic nitrogens is 2. The minimum atomic E-state index is 0.537. The lowest BCUT2D eigenvalue weighted by Gasteiger charge is -2.23. The normalized spacial score (nSPS) is 18.7. The van der Waals surface area contributed by atoms with Crippen LogP contribution >= 0.6 is 0 Å². The molecule has 0 radical (unpaired) electrons. The van der Waals surface area contributed by atoms with E-state index in [0.717, 1.165) is 19.6 Å². The first-order chi connectivity index (χ1) is 8.23. The van der Waals surface area contributed by atoms with E-state index in [9.17, 15) is 0 Å². The molecule has 1 heterocycles. The monoisotopic (exact) mass is 235 g/mol. The molecule has 0 aromatic carbocycles. The van der Waals surface area contributed by atoms with Gasteiger partial charge in [0.15, 0.2) is 0 Å². The Kier molecular flexibility index (Phi) is 4.21. The number of hydrogen-bond acceptors (Lipinski definition) is 2. The second-order valence-corrected chi connectivity index (χ2v) is 5.70. The fraction of sp³-hybridized carbons (Fsp3) is 0.786. The van der Waals surface area contributed by atoms with Crippen LogP contribution in [0.3, 0.4) is 0 Å². The summed E-state index contributed by atoms with van der Waals surface area (Å²) in [6.07, 6.45) is 10.7. The summed E-state index contributed by atoms with van der Waals surface area (Å²) in [6, 6.07) is 0. The molecule has 0 unspecified atom stereocenters. The highest BCUT2D eigenvalue weighted by atomic mass is 15.1. The van der Waals surface area contributed by atoms with Gasteiger partial charge in [0.2, 0.25) is 0 Å². The predicted molar refractivity (Wildman–Crippen MR) is 70.8 cm³/mol. The van der Waals surface area contributed by atoms with Crippen LogP contribution in [-0.4, -0.2) is 16.1 Å². The molecule has 0 atom stereocenters. The molecule has 1 N–H and O–H groups in total. The van der Waals surface area contributed by atoms with Crippen LogP contribution in [0.2, 0.25) is 0 Å². The second kappa shape index (κ2) is 5.67. The van der Waals surface area contributed by atoms with Crippen LogP contribution in [0.1, 0.15) is 51.6 Å². The van der Waals surface area contributed by atoms with Gasteiger partial charge in [-0.3, -0.25) is 0 Å². The summed E-state index contributed by atoms with van der Waals surface area (Å²) in [5.74, 6) is 0. The van der Waals surface area contributed by atoms with Crippen molar-refractivity contribution in [3.63, 3.8) is 0 Å². The molecular weight excluding hydrogens is 210 g/mol. The molecule has 1 aliphatic carbocycles. The molecule has 3 heteroatoms. The number of aryl methyl sites for hydroxylation is 1. The second-order valence-electron chi connectivity index (χ2n) is 5.70. The zero-order valence-corrected chi connectivity index (χ0v) is 11.2. The highest BCUT2D eigenvalue weighted by Gasteiger charge is 2.27. The Bertz CT molecular complexity index is 337. The molecule has 1 fully saturated rings. The van der Waals surface area contributed by atoms with Gasteiger partial charge in [-0.25, -0.2) is 4.98 Å². The minimum Gasteiger partial charge on any atom is -0.333 e. The van der Waals surface area contributed by atoms with Crippen molar-refractivity contribution >= 4 is 0 Å². The molecule has 2 rings (SSSR count). The highest BCUT2D eigenvalue weighted by Crippen LogP contribution is 2.36. The third kappa shape index (κ3) is 3.32. The molecule has 0 aliphatic heterocycles. The molecule has 0 bridgehead atoms. The van der Waals surface area contributed by atoms with E-state index in [2.05, 4.69) is 28.7 Å². The van der Waals surface area contributed by atoms with E-state index in [-0.39, 0.29) is 0 Å². The van der Waals surface area contributed by atoms with Crippen LogP contribution < -0.4 is 5.32 Å². The van der Waals surface area contributed by atoms with Gasteiger partial charge in [0.25, 0.3) is 0 Å². The Balaban J connectivity index is 1.79. The van der Waals surface area contributed by atoms with Gasteiger partial charge in [-0.2, -0.15) is 0 Å². The standard InChI is InChI=1S/C14H25N3/c1-3-8-17-12-16-10-13(17)9-15-11-14(2)6-4-5-7-14/h10,12,15H,3-9,11H2,1-2H3. The van der Waals surface area contributed by atoms with Crippen molar-refractivity contribution in [2.24, 2.45) is 5.41 Å².